The average molecular weight is 228 g/mol. The molecule has 2 nitrogen and oxygen atoms in total. The van der Waals surface area contributed by atoms with Gasteiger partial charge in [0.25, 0.3) is 0 Å². The summed E-state index contributed by atoms with van der Waals surface area (Å²) >= 11 is 5.70. The van der Waals surface area contributed by atoms with Crippen molar-refractivity contribution >= 4 is 17.7 Å². The van der Waals surface area contributed by atoms with Gasteiger partial charge in [0, 0.05) is 6.54 Å². The van der Waals surface area contributed by atoms with Gasteiger partial charge < -0.3 is 9.73 Å². The summed E-state index contributed by atoms with van der Waals surface area (Å²) in [6.07, 6.45) is 4.23. The van der Waals surface area contributed by atoms with Gasteiger partial charge in [0.1, 0.15) is 5.76 Å². The molecule has 0 bridgehead atoms. The van der Waals surface area contributed by atoms with Crippen molar-refractivity contribution in [1.82, 2.24) is 5.32 Å². The van der Waals surface area contributed by atoms with E-state index >= 15 is 0 Å². The summed E-state index contributed by atoms with van der Waals surface area (Å²) in [6, 6.07) is 3.65. The SMILES string of the molecule is CCCNCC(=Cc1ccc(Cl)o1)CC. The molecule has 84 valence electrons. The van der Waals surface area contributed by atoms with Crippen LogP contribution in [0.1, 0.15) is 32.4 Å². The van der Waals surface area contributed by atoms with Crippen molar-refractivity contribution < 1.29 is 4.42 Å². The molecule has 15 heavy (non-hydrogen) atoms. The highest BCUT2D eigenvalue weighted by Crippen LogP contribution is 2.16. The minimum atomic E-state index is 0.443. The van der Waals surface area contributed by atoms with Gasteiger partial charge >= 0.3 is 0 Å². The van der Waals surface area contributed by atoms with E-state index in [1.54, 1.807) is 6.07 Å². The van der Waals surface area contributed by atoms with E-state index in [0.29, 0.717) is 5.22 Å². The van der Waals surface area contributed by atoms with Gasteiger partial charge in [0.05, 0.1) is 0 Å². The first-order chi connectivity index (χ1) is 7.26. The van der Waals surface area contributed by atoms with E-state index in [9.17, 15) is 0 Å². The largest absolute Gasteiger partial charge is 0.445 e. The lowest BCUT2D eigenvalue weighted by Crippen LogP contribution is -2.17. The molecule has 0 spiro atoms. The van der Waals surface area contributed by atoms with Crippen LogP contribution in [-0.4, -0.2) is 13.1 Å². The number of nitrogens with one attached hydrogen (secondary N) is 1. The fourth-order valence-corrected chi connectivity index (χ4v) is 1.46. The van der Waals surface area contributed by atoms with Crippen molar-refractivity contribution in [2.24, 2.45) is 0 Å². The van der Waals surface area contributed by atoms with E-state index in [0.717, 1.165) is 31.7 Å². The molecule has 0 aromatic carbocycles. The normalized spacial score (nSPS) is 12.1. The van der Waals surface area contributed by atoms with Crippen LogP contribution in [0.15, 0.2) is 22.1 Å². The second kappa shape index (κ2) is 6.70. The van der Waals surface area contributed by atoms with E-state index in [2.05, 4.69) is 25.2 Å². The third-order valence-electron chi connectivity index (χ3n) is 2.17. The van der Waals surface area contributed by atoms with E-state index in [-0.39, 0.29) is 0 Å². The Kier molecular flexibility index (Phi) is 5.51. The number of rotatable bonds is 6. The van der Waals surface area contributed by atoms with Gasteiger partial charge in [-0.15, -0.1) is 0 Å². The van der Waals surface area contributed by atoms with E-state index in [1.807, 2.05) is 6.07 Å². The zero-order valence-electron chi connectivity index (χ0n) is 9.35. The first-order valence-corrected chi connectivity index (χ1v) is 5.79. The number of furan rings is 1. The van der Waals surface area contributed by atoms with Crippen molar-refractivity contribution in [3.63, 3.8) is 0 Å². The van der Waals surface area contributed by atoms with Crippen LogP contribution in [0, 0.1) is 0 Å². The molecule has 1 heterocycles. The number of hydrogen-bond donors (Lipinski definition) is 1. The summed E-state index contributed by atoms with van der Waals surface area (Å²) in [6.45, 7) is 6.28. The van der Waals surface area contributed by atoms with Crippen LogP contribution >= 0.6 is 11.6 Å². The lowest BCUT2D eigenvalue weighted by molar-refractivity contribution is 0.558. The molecule has 0 fully saturated rings. The van der Waals surface area contributed by atoms with Crippen LogP contribution in [-0.2, 0) is 0 Å². The summed E-state index contributed by atoms with van der Waals surface area (Å²) in [5.74, 6) is 0.829. The van der Waals surface area contributed by atoms with Gasteiger partial charge in [-0.1, -0.05) is 19.4 Å². The Bertz CT molecular complexity index is 317. The van der Waals surface area contributed by atoms with Crippen molar-refractivity contribution in [2.45, 2.75) is 26.7 Å². The van der Waals surface area contributed by atoms with Crippen LogP contribution < -0.4 is 5.32 Å². The zero-order valence-corrected chi connectivity index (χ0v) is 10.1. The van der Waals surface area contributed by atoms with Crippen molar-refractivity contribution in [3.05, 3.63) is 28.7 Å². The third-order valence-corrected chi connectivity index (χ3v) is 2.38. The quantitative estimate of drug-likeness (QED) is 0.750. The van der Waals surface area contributed by atoms with Crippen LogP contribution in [0.5, 0.6) is 0 Å². The molecule has 1 N–H and O–H groups in total. The topological polar surface area (TPSA) is 25.2 Å². The summed E-state index contributed by atoms with van der Waals surface area (Å²) < 4.78 is 5.28. The smallest absolute Gasteiger partial charge is 0.193 e. The van der Waals surface area contributed by atoms with Crippen LogP contribution in [0.2, 0.25) is 5.22 Å². The van der Waals surface area contributed by atoms with Crippen molar-refractivity contribution in [1.29, 1.82) is 0 Å². The average Bonchev–Trinajstić information content (AvgIpc) is 2.63. The maximum Gasteiger partial charge on any atom is 0.193 e. The van der Waals surface area contributed by atoms with Crippen molar-refractivity contribution in [2.75, 3.05) is 13.1 Å². The first-order valence-electron chi connectivity index (χ1n) is 5.41. The molecule has 1 aromatic heterocycles. The van der Waals surface area contributed by atoms with E-state index < -0.39 is 0 Å². The highest BCUT2D eigenvalue weighted by Gasteiger charge is 1.99. The summed E-state index contributed by atoms with van der Waals surface area (Å²) in [5.41, 5.74) is 1.33. The Morgan fingerprint density at radius 1 is 1.47 bits per heavy atom. The van der Waals surface area contributed by atoms with E-state index in [1.165, 1.54) is 5.57 Å². The van der Waals surface area contributed by atoms with Crippen LogP contribution in [0.3, 0.4) is 0 Å². The monoisotopic (exact) mass is 227 g/mol. The van der Waals surface area contributed by atoms with Crippen molar-refractivity contribution in [3.8, 4) is 0 Å². The molecular formula is C12H18ClNO. The molecule has 1 rings (SSSR count). The maximum absolute atomic E-state index is 5.70. The standard InChI is InChI=1S/C12H18ClNO/c1-3-7-14-9-10(4-2)8-11-5-6-12(13)15-11/h5-6,8,14H,3-4,7,9H2,1-2H3. The van der Waals surface area contributed by atoms with E-state index in [4.69, 9.17) is 16.0 Å². The molecule has 0 radical (unpaired) electrons. The predicted octanol–water partition coefficient (Wildman–Crippen LogP) is 3.73. The molecule has 0 amide bonds. The first kappa shape index (κ1) is 12.3. The Morgan fingerprint density at radius 2 is 2.27 bits per heavy atom. The highest BCUT2D eigenvalue weighted by atomic mass is 35.5. The minimum absolute atomic E-state index is 0.443. The fraction of sp³-hybridized carbons (Fsp3) is 0.500. The van der Waals surface area contributed by atoms with Gasteiger partial charge in [-0.2, -0.15) is 0 Å². The third kappa shape index (κ3) is 4.54. The van der Waals surface area contributed by atoms with Gasteiger partial charge in [0.2, 0.25) is 0 Å². The predicted molar refractivity (Wildman–Crippen MR) is 65.1 cm³/mol. The Hall–Kier alpha value is -0.730. The molecule has 0 aliphatic heterocycles. The molecule has 3 heteroatoms. The minimum Gasteiger partial charge on any atom is -0.445 e. The second-order valence-electron chi connectivity index (χ2n) is 3.47. The molecule has 0 aliphatic rings. The summed E-state index contributed by atoms with van der Waals surface area (Å²) in [4.78, 5) is 0. The maximum atomic E-state index is 5.70. The number of hydrogen-bond acceptors (Lipinski definition) is 2. The van der Waals surface area contributed by atoms with Gasteiger partial charge in [-0.05, 0) is 49.2 Å². The molecule has 0 atom stereocenters. The highest BCUT2D eigenvalue weighted by molar-refractivity contribution is 6.28. The molecule has 0 saturated carbocycles. The molecular weight excluding hydrogens is 210 g/mol. The summed E-state index contributed by atoms with van der Waals surface area (Å²) in [7, 11) is 0. The molecule has 0 saturated heterocycles. The van der Waals surface area contributed by atoms with Crippen LogP contribution in [0.25, 0.3) is 6.08 Å². The molecule has 0 unspecified atom stereocenters. The van der Waals surface area contributed by atoms with Crippen LogP contribution in [0.4, 0.5) is 0 Å². The Labute approximate surface area is 96.3 Å². The van der Waals surface area contributed by atoms with Gasteiger partial charge in [0.15, 0.2) is 5.22 Å². The van der Waals surface area contributed by atoms with Gasteiger partial charge in [-0.25, -0.2) is 0 Å². The molecule has 0 aliphatic carbocycles. The lowest BCUT2D eigenvalue weighted by atomic mass is 10.1. The Morgan fingerprint density at radius 3 is 2.80 bits per heavy atom. The lowest BCUT2D eigenvalue weighted by Gasteiger charge is -2.05. The summed E-state index contributed by atoms with van der Waals surface area (Å²) in [5, 5.41) is 3.81. The second-order valence-corrected chi connectivity index (χ2v) is 3.85. The van der Waals surface area contributed by atoms with Gasteiger partial charge in [-0.3, -0.25) is 0 Å². The number of halogens is 1. The zero-order chi connectivity index (χ0) is 11.1. The molecule has 1 aromatic rings. The Balaban J connectivity index is 2.53. The fourth-order valence-electron chi connectivity index (χ4n) is 1.31.